The van der Waals surface area contributed by atoms with E-state index in [1.165, 1.54) is 6.33 Å². The Morgan fingerprint density at radius 3 is 2.69 bits per heavy atom. The first-order valence-corrected chi connectivity index (χ1v) is 5.38. The van der Waals surface area contributed by atoms with Gasteiger partial charge in [0.2, 0.25) is 5.88 Å². The molecule has 3 N–H and O–H groups in total. The highest BCUT2D eigenvalue weighted by Gasteiger charge is 2.16. The van der Waals surface area contributed by atoms with Gasteiger partial charge in [-0.15, -0.1) is 0 Å². The molecule has 0 saturated carbocycles. The Balaban J connectivity index is 2.75. The Kier molecular flexibility index (Phi) is 3.93. The summed E-state index contributed by atoms with van der Waals surface area (Å²) < 4.78 is 5.03. The molecule has 1 aromatic rings. The van der Waals surface area contributed by atoms with Crippen molar-refractivity contribution in [1.29, 1.82) is 0 Å². The van der Waals surface area contributed by atoms with Gasteiger partial charge in [0.1, 0.15) is 12.0 Å². The zero-order chi connectivity index (χ0) is 12.2. The van der Waals surface area contributed by atoms with Crippen LogP contribution in [0.2, 0.25) is 0 Å². The molecule has 0 aromatic carbocycles. The molecule has 1 rings (SSSR count). The standard InChI is InChI=1S/C11H20N4O/c1-5-11(2,3)6-13-9-8(12)10(16-4)15-7-14-9/h7H,5-6,12H2,1-4H3,(H,13,14,15). The van der Waals surface area contributed by atoms with Gasteiger partial charge in [-0.25, -0.2) is 4.98 Å². The van der Waals surface area contributed by atoms with Gasteiger partial charge in [-0.2, -0.15) is 4.98 Å². The summed E-state index contributed by atoms with van der Waals surface area (Å²) in [4.78, 5) is 8.02. The highest BCUT2D eigenvalue weighted by Crippen LogP contribution is 2.26. The normalized spacial score (nSPS) is 11.2. The van der Waals surface area contributed by atoms with E-state index in [0.29, 0.717) is 17.4 Å². The molecule has 0 unspecified atom stereocenters. The van der Waals surface area contributed by atoms with E-state index < -0.39 is 0 Å². The second kappa shape index (κ2) is 5.01. The molecule has 0 fully saturated rings. The number of aromatic nitrogens is 2. The van der Waals surface area contributed by atoms with Crippen molar-refractivity contribution in [2.45, 2.75) is 27.2 Å². The van der Waals surface area contributed by atoms with E-state index in [-0.39, 0.29) is 5.41 Å². The minimum Gasteiger partial charge on any atom is -0.479 e. The fourth-order valence-electron chi connectivity index (χ4n) is 1.13. The highest BCUT2D eigenvalue weighted by molar-refractivity contribution is 5.66. The zero-order valence-electron chi connectivity index (χ0n) is 10.4. The summed E-state index contributed by atoms with van der Waals surface area (Å²) in [5.41, 5.74) is 6.52. The zero-order valence-corrected chi connectivity index (χ0v) is 10.4. The van der Waals surface area contributed by atoms with E-state index in [4.69, 9.17) is 10.5 Å². The van der Waals surface area contributed by atoms with E-state index >= 15 is 0 Å². The topological polar surface area (TPSA) is 73.1 Å². The van der Waals surface area contributed by atoms with Crippen LogP contribution in [-0.4, -0.2) is 23.6 Å². The summed E-state index contributed by atoms with van der Waals surface area (Å²) in [6, 6.07) is 0. The van der Waals surface area contributed by atoms with Crippen LogP contribution in [0.1, 0.15) is 27.2 Å². The number of rotatable bonds is 5. The van der Waals surface area contributed by atoms with Gasteiger partial charge in [0, 0.05) is 6.54 Å². The average molecular weight is 224 g/mol. The summed E-state index contributed by atoms with van der Waals surface area (Å²) in [6.07, 6.45) is 2.53. The van der Waals surface area contributed by atoms with Gasteiger partial charge in [0.25, 0.3) is 0 Å². The van der Waals surface area contributed by atoms with E-state index in [9.17, 15) is 0 Å². The maximum Gasteiger partial charge on any atom is 0.242 e. The Hall–Kier alpha value is -1.52. The summed E-state index contributed by atoms with van der Waals surface area (Å²) >= 11 is 0. The fraction of sp³-hybridized carbons (Fsp3) is 0.636. The van der Waals surface area contributed by atoms with Crippen LogP contribution in [0.4, 0.5) is 11.5 Å². The van der Waals surface area contributed by atoms with E-state index in [1.807, 2.05) is 0 Å². The summed E-state index contributed by atoms with van der Waals surface area (Å²) in [6.45, 7) is 7.35. The van der Waals surface area contributed by atoms with Gasteiger partial charge >= 0.3 is 0 Å². The molecule has 5 heteroatoms. The van der Waals surface area contributed by atoms with E-state index in [2.05, 4.69) is 36.1 Å². The molecule has 0 aliphatic carbocycles. The summed E-state index contributed by atoms with van der Waals surface area (Å²) in [5, 5.41) is 3.22. The number of anilines is 2. The first kappa shape index (κ1) is 12.5. The molecule has 0 amide bonds. The van der Waals surface area contributed by atoms with Crippen molar-refractivity contribution >= 4 is 11.5 Å². The molecule has 0 bridgehead atoms. The van der Waals surface area contributed by atoms with Crippen LogP contribution in [0.3, 0.4) is 0 Å². The molecular formula is C11H20N4O. The predicted octanol–water partition coefficient (Wildman–Crippen LogP) is 1.92. The van der Waals surface area contributed by atoms with Gasteiger partial charge in [-0.3, -0.25) is 0 Å². The molecule has 0 radical (unpaired) electrons. The van der Waals surface area contributed by atoms with Crippen LogP contribution >= 0.6 is 0 Å². The van der Waals surface area contributed by atoms with E-state index in [0.717, 1.165) is 13.0 Å². The average Bonchev–Trinajstić information content (AvgIpc) is 2.28. The number of hydrogen-bond acceptors (Lipinski definition) is 5. The summed E-state index contributed by atoms with van der Waals surface area (Å²) in [7, 11) is 1.54. The Labute approximate surface area is 96.4 Å². The van der Waals surface area contributed by atoms with Crippen LogP contribution < -0.4 is 15.8 Å². The lowest BCUT2D eigenvalue weighted by Crippen LogP contribution is -2.23. The van der Waals surface area contributed by atoms with Crippen LogP contribution in [0.5, 0.6) is 5.88 Å². The third-order valence-corrected chi connectivity index (χ3v) is 2.73. The number of hydrogen-bond donors (Lipinski definition) is 2. The lowest BCUT2D eigenvalue weighted by Gasteiger charge is -2.23. The lowest BCUT2D eigenvalue weighted by atomic mass is 9.90. The van der Waals surface area contributed by atoms with Crippen molar-refractivity contribution in [3.63, 3.8) is 0 Å². The Bertz CT molecular complexity index is 352. The van der Waals surface area contributed by atoms with Crippen LogP contribution in [0.15, 0.2) is 6.33 Å². The maximum absolute atomic E-state index is 5.85. The van der Waals surface area contributed by atoms with Crippen LogP contribution in [-0.2, 0) is 0 Å². The SMILES string of the molecule is CCC(C)(C)CNc1ncnc(OC)c1N. The third kappa shape index (κ3) is 2.98. The first-order chi connectivity index (χ1) is 7.50. The third-order valence-electron chi connectivity index (χ3n) is 2.73. The van der Waals surface area contributed by atoms with Crippen molar-refractivity contribution in [3.05, 3.63) is 6.33 Å². The molecule has 1 aromatic heterocycles. The summed E-state index contributed by atoms with van der Waals surface area (Å²) in [5.74, 6) is 1.04. The maximum atomic E-state index is 5.85. The molecule has 0 aliphatic heterocycles. The minimum atomic E-state index is 0.213. The molecule has 16 heavy (non-hydrogen) atoms. The monoisotopic (exact) mass is 224 g/mol. The van der Waals surface area contributed by atoms with Gasteiger partial charge in [0.15, 0.2) is 5.82 Å². The molecule has 5 nitrogen and oxygen atoms in total. The molecule has 1 heterocycles. The predicted molar refractivity (Wildman–Crippen MR) is 65.6 cm³/mol. The van der Waals surface area contributed by atoms with Crippen LogP contribution in [0.25, 0.3) is 0 Å². The number of nitrogens with two attached hydrogens (primary N) is 1. The second-order valence-corrected chi connectivity index (χ2v) is 4.52. The van der Waals surface area contributed by atoms with Crippen molar-refractivity contribution in [1.82, 2.24) is 9.97 Å². The van der Waals surface area contributed by atoms with Crippen LogP contribution in [0, 0.1) is 5.41 Å². The quantitative estimate of drug-likeness (QED) is 0.799. The molecule has 0 aliphatic rings. The van der Waals surface area contributed by atoms with Crippen molar-refractivity contribution in [3.8, 4) is 5.88 Å². The largest absolute Gasteiger partial charge is 0.479 e. The number of methoxy groups -OCH3 is 1. The molecule has 0 spiro atoms. The smallest absolute Gasteiger partial charge is 0.242 e. The number of nitrogens with zero attached hydrogens (tertiary/aromatic N) is 2. The van der Waals surface area contributed by atoms with Gasteiger partial charge in [-0.1, -0.05) is 20.8 Å². The number of nitrogen functional groups attached to an aromatic ring is 1. The van der Waals surface area contributed by atoms with Gasteiger partial charge < -0.3 is 15.8 Å². The van der Waals surface area contributed by atoms with Crippen molar-refractivity contribution in [2.75, 3.05) is 24.7 Å². The van der Waals surface area contributed by atoms with Crippen molar-refractivity contribution in [2.24, 2.45) is 5.41 Å². The molecular weight excluding hydrogens is 204 g/mol. The highest BCUT2D eigenvalue weighted by atomic mass is 16.5. The molecule has 0 saturated heterocycles. The number of ether oxygens (including phenoxy) is 1. The minimum absolute atomic E-state index is 0.213. The fourth-order valence-corrected chi connectivity index (χ4v) is 1.13. The number of nitrogens with one attached hydrogen (secondary N) is 1. The van der Waals surface area contributed by atoms with Crippen molar-refractivity contribution < 1.29 is 4.74 Å². The Morgan fingerprint density at radius 2 is 2.12 bits per heavy atom. The van der Waals surface area contributed by atoms with E-state index in [1.54, 1.807) is 7.11 Å². The lowest BCUT2D eigenvalue weighted by molar-refractivity contribution is 0.376. The van der Waals surface area contributed by atoms with Gasteiger partial charge in [0.05, 0.1) is 7.11 Å². The first-order valence-electron chi connectivity index (χ1n) is 5.38. The van der Waals surface area contributed by atoms with Gasteiger partial charge in [-0.05, 0) is 11.8 Å². The Morgan fingerprint density at radius 1 is 1.44 bits per heavy atom. The second-order valence-electron chi connectivity index (χ2n) is 4.52. The molecule has 90 valence electrons. The molecule has 0 atom stereocenters.